The minimum atomic E-state index is -1.98. The number of phenolic OH excluding ortho intramolecular Hbond substituents is 3. The van der Waals surface area contributed by atoms with Crippen LogP contribution < -0.4 is 14.9 Å². The molecule has 3 heterocycles. The van der Waals surface area contributed by atoms with Crippen LogP contribution in [0, 0.1) is 0 Å². The molecular formula is C28H32O17. The lowest BCUT2D eigenvalue weighted by atomic mass is 9.98. The fraction of sp³-hybridized carbons (Fsp3) is 0.464. The van der Waals surface area contributed by atoms with E-state index in [1.165, 1.54) is 25.3 Å². The second kappa shape index (κ2) is 12.9. The maximum Gasteiger partial charge on any atom is 0.239 e. The van der Waals surface area contributed by atoms with E-state index in [0.717, 1.165) is 12.1 Å². The van der Waals surface area contributed by atoms with Crippen LogP contribution in [0.25, 0.3) is 22.3 Å². The number of aliphatic hydroxyl groups is 7. The number of rotatable bonds is 8. The summed E-state index contributed by atoms with van der Waals surface area (Å²) in [6.07, 6.45) is -17.3. The van der Waals surface area contributed by atoms with Gasteiger partial charge in [0, 0.05) is 17.7 Å². The molecule has 246 valence electrons. The predicted octanol–water partition coefficient (Wildman–Crippen LogP) is -2.41. The lowest BCUT2D eigenvalue weighted by molar-refractivity contribution is -0.323. The Labute approximate surface area is 252 Å². The average Bonchev–Trinajstić information content (AvgIpc) is 3.01. The monoisotopic (exact) mass is 640 g/mol. The molecule has 17 heteroatoms. The molecule has 0 bridgehead atoms. The highest BCUT2D eigenvalue weighted by atomic mass is 16.7. The molecule has 45 heavy (non-hydrogen) atoms. The summed E-state index contributed by atoms with van der Waals surface area (Å²) in [5.74, 6) is -2.38. The van der Waals surface area contributed by atoms with Crippen LogP contribution in [0.4, 0.5) is 0 Å². The van der Waals surface area contributed by atoms with Crippen molar-refractivity contribution in [3.63, 3.8) is 0 Å². The maximum absolute atomic E-state index is 13.7. The van der Waals surface area contributed by atoms with Gasteiger partial charge in [-0.3, -0.25) is 4.79 Å². The Morgan fingerprint density at radius 1 is 0.778 bits per heavy atom. The molecule has 3 aromatic rings. The molecule has 2 saturated heterocycles. The first-order chi connectivity index (χ1) is 21.4. The highest BCUT2D eigenvalue weighted by Gasteiger charge is 2.48. The molecule has 2 aromatic carbocycles. The Hall–Kier alpha value is -3.75. The van der Waals surface area contributed by atoms with Crippen LogP contribution in [-0.4, -0.2) is 133 Å². The van der Waals surface area contributed by atoms with Gasteiger partial charge in [-0.1, -0.05) is 0 Å². The second-order valence-corrected chi connectivity index (χ2v) is 10.5. The van der Waals surface area contributed by atoms with Crippen molar-refractivity contribution in [2.75, 3.05) is 20.3 Å². The van der Waals surface area contributed by atoms with Gasteiger partial charge in [0.05, 0.1) is 20.3 Å². The fourth-order valence-electron chi connectivity index (χ4n) is 5.05. The highest BCUT2D eigenvalue weighted by Crippen LogP contribution is 2.39. The average molecular weight is 641 g/mol. The normalized spacial score (nSPS) is 32.0. The Bertz CT molecular complexity index is 1570. The number of aliphatic hydroxyl groups excluding tert-OH is 7. The number of fused-ring (bicyclic) bond motifs is 1. The van der Waals surface area contributed by atoms with E-state index in [9.17, 15) is 55.9 Å². The maximum atomic E-state index is 13.7. The summed E-state index contributed by atoms with van der Waals surface area (Å²) in [5.41, 5.74) is -1.17. The van der Waals surface area contributed by atoms with Crippen molar-refractivity contribution in [1.29, 1.82) is 0 Å². The smallest absolute Gasteiger partial charge is 0.239 e. The van der Waals surface area contributed by atoms with Crippen LogP contribution in [-0.2, 0) is 14.2 Å². The molecule has 2 aliphatic heterocycles. The minimum absolute atomic E-state index is 0.0298. The molecule has 1 aromatic heterocycles. The van der Waals surface area contributed by atoms with E-state index in [4.69, 9.17) is 28.1 Å². The third-order valence-electron chi connectivity index (χ3n) is 7.54. The second-order valence-electron chi connectivity index (χ2n) is 10.5. The van der Waals surface area contributed by atoms with E-state index >= 15 is 0 Å². The molecule has 0 unspecified atom stereocenters. The van der Waals surface area contributed by atoms with E-state index < -0.39 is 103 Å². The van der Waals surface area contributed by atoms with Crippen molar-refractivity contribution in [3.8, 4) is 40.1 Å². The van der Waals surface area contributed by atoms with Crippen LogP contribution in [0.1, 0.15) is 0 Å². The van der Waals surface area contributed by atoms with Crippen molar-refractivity contribution in [1.82, 2.24) is 0 Å². The van der Waals surface area contributed by atoms with Crippen molar-refractivity contribution >= 4 is 11.0 Å². The fourth-order valence-corrected chi connectivity index (χ4v) is 5.05. The van der Waals surface area contributed by atoms with Gasteiger partial charge in [-0.2, -0.15) is 0 Å². The third kappa shape index (κ3) is 6.10. The molecule has 2 fully saturated rings. The van der Waals surface area contributed by atoms with Crippen LogP contribution in [0.2, 0.25) is 0 Å². The Morgan fingerprint density at radius 2 is 1.42 bits per heavy atom. The van der Waals surface area contributed by atoms with Crippen molar-refractivity contribution in [2.24, 2.45) is 0 Å². The van der Waals surface area contributed by atoms with Gasteiger partial charge < -0.3 is 79.2 Å². The molecule has 0 radical (unpaired) electrons. The summed E-state index contributed by atoms with van der Waals surface area (Å²) in [7, 11) is 1.27. The Morgan fingerprint density at radius 3 is 2.09 bits per heavy atom. The summed E-state index contributed by atoms with van der Waals surface area (Å²) in [6, 6.07) is 5.76. The first kappa shape index (κ1) is 32.6. The first-order valence-corrected chi connectivity index (χ1v) is 13.5. The van der Waals surface area contributed by atoms with Gasteiger partial charge in [0.15, 0.2) is 23.5 Å². The number of phenols is 3. The lowest BCUT2D eigenvalue weighted by Gasteiger charge is -2.42. The zero-order chi connectivity index (χ0) is 32.7. The van der Waals surface area contributed by atoms with Gasteiger partial charge in [0.25, 0.3) is 0 Å². The molecule has 2 aliphatic rings. The molecule has 17 nitrogen and oxygen atoms in total. The molecule has 0 saturated carbocycles. The number of ether oxygens (including phenoxy) is 5. The first-order valence-electron chi connectivity index (χ1n) is 13.5. The summed E-state index contributed by atoms with van der Waals surface area (Å²) in [5, 5.41) is 102. The van der Waals surface area contributed by atoms with E-state index in [1.54, 1.807) is 0 Å². The SMILES string of the molecule is COc1cc(-c2oc3cc(O)cc(O)c3c(=O)c2O[C@@H]2O[C@@H](CO[C@@H]3O[C@@H](CO)[C@H](O)[C@H](O)[C@H]3O)[C@H](O)[C@H](O)[C@@H]2O)ccc1O. The summed E-state index contributed by atoms with van der Waals surface area (Å²) in [6.45, 7) is -1.39. The van der Waals surface area contributed by atoms with E-state index in [0.29, 0.717) is 0 Å². The Kier molecular flexibility index (Phi) is 9.38. The zero-order valence-electron chi connectivity index (χ0n) is 23.4. The predicted molar refractivity (Wildman–Crippen MR) is 146 cm³/mol. The standard InChI is InChI=1S/C28H32O17/c1-40-13-4-9(2-3-11(13)31)25-26(20(35)17-12(32)5-10(30)6-14(17)42-25)45-28-24(39)22(37)19(34)16(44-28)8-41-27-23(38)21(36)18(33)15(7-29)43-27/h2-6,15-16,18-19,21-24,27-34,36-39H,7-8H2,1H3/t15-,16-,18-,19-,21-,22-,23+,24-,27+,28-/m0/s1. The zero-order valence-corrected chi connectivity index (χ0v) is 23.4. The quantitative estimate of drug-likeness (QED) is 0.123. The minimum Gasteiger partial charge on any atom is -0.508 e. The number of methoxy groups -OCH3 is 1. The molecule has 10 N–H and O–H groups in total. The van der Waals surface area contributed by atoms with Crippen molar-refractivity contribution in [2.45, 2.75) is 61.4 Å². The van der Waals surface area contributed by atoms with Gasteiger partial charge in [-0.25, -0.2) is 0 Å². The molecule has 0 spiro atoms. The summed E-state index contributed by atoms with van der Waals surface area (Å²) >= 11 is 0. The van der Waals surface area contributed by atoms with Gasteiger partial charge in [-0.15, -0.1) is 0 Å². The van der Waals surface area contributed by atoms with Crippen LogP contribution in [0.5, 0.6) is 28.7 Å². The van der Waals surface area contributed by atoms with Crippen molar-refractivity contribution in [3.05, 3.63) is 40.6 Å². The van der Waals surface area contributed by atoms with Crippen LogP contribution >= 0.6 is 0 Å². The number of hydrogen-bond acceptors (Lipinski definition) is 17. The van der Waals surface area contributed by atoms with Crippen LogP contribution in [0.3, 0.4) is 0 Å². The summed E-state index contributed by atoms with van der Waals surface area (Å²) < 4.78 is 33.0. The molecule has 5 rings (SSSR count). The lowest BCUT2D eigenvalue weighted by Crippen LogP contribution is -2.62. The topological polar surface area (TPSA) is 279 Å². The summed E-state index contributed by atoms with van der Waals surface area (Å²) in [4.78, 5) is 13.7. The van der Waals surface area contributed by atoms with Gasteiger partial charge in [0.2, 0.25) is 17.5 Å². The molecule has 10 atom stereocenters. The van der Waals surface area contributed by atoms with E-state index in [1.807, 2.05) is 0 Å². The van der Waals surface area contributed by atoms with E-state index in [-0.39, 0.29) is 28.4 Å². The van der Waals surface area contributed by atoms with Crippen LogP contribution in [0.15, 0.2) is 39.5 Å². The molecule has 0 aliphatic carbocycles. The van der Waals surface area contributed by atoms with Gasteiger partial charge in [0.1, 0.15) is 71.3 Å². The van der Waals surface area contributed by atoms with Crippen molar-refractivity contribution < 1.29 is 79.2 Å². The number of hydrogen-bond donors (Lipinski definition) is 10. The highest BCUT2D eigenvalue weighted by molar-refractivity contribution is 5.88. The third-order valence-corrected chi connectivity index (χ3v) is 7.54. The van der Waals surface area contributed by atoms with Gasteiger partial charge >= 0.3 is 0 Å². The molecule has 0 amide bonds. The number of aromatic hydroxyl groups is 3. The molecular weight excluding hydrogens is 608 g/mol. The largest absolute Gasteiger partial charge is 0.508 e. The van der Waals surface area contributed by atoms with E-state index in [2.05, 4.69) is 0 Å². The number of benzene rings is 2. The Balaban J connectivity index is 1.48. The van der Waals surface area contributed by atoms with Gasteiger partial charge in [-0.05, 0) is 18.2 Å².